The highest BCUT2D eigenvalue weighted by molar-refractivity contribution is 6.30. The number of benzene rings is 2. The van der Waals surface area contributed by atoms with Crippen molar-refractivity contribution < 1.29 is 19.1 Å². The molecule has 0 fully saturated rings. The third-order valence-electron chi connectivity index (χ3n) is 7.76. The number of carbonyl (C=O) groups is 2. The van der Waals surface area contributed by atoms with Crippen molar-refractivity contribution in [3.8, 4) is 5.75 Å². The minimum absolute atomic E-state index is 0.0483. The van der Waals surface area contributed by atoms with Gasteiger partial charge in [0.1, 0.15) is 11.4 Å². The third kappa shape index (κ3) is 8.28. The summed E-state index contributed by atoms with van der Waals surface area (Å²) in [6.45, 7) is 10.5. The highest BCUT2D eigenvalue weighted by atomic mass is 35.5. The molecule has 0 saturated heterocycles. The maximum absolute atomic E-state index is 13.5. The molecule has 0 spiro atoms. The molecule has 2 atom stereocenters. The first kappa shape index (κ1) is 31.0. The molecule has 2 unspecified atom stereocenters. The average Bonchev–Trinajstić information content (AvgIpc) is 3.09. The van der Waals surface area contributed by atoms with E-state index in [9.17, 15) is 9.59 Å². The first-order chi connectivity index (χ1) is 19.6. The Hall–Kier alpha value is -2.99. The Bertz CT molecular complexity index is 1250. The highest BCUT2D eigenvalue weighted by Gasteiger charge is 2.32. The van der Waals surface area contributed by atoms with Gasteiger partial charge in [0.15, 0.2) is 0 Å². The van der Waals surface area contributed by atoms with Gasteiger partial charge < -0.3 is 19.3 Å². The molecule has 0 aliphatic carbocycles. The topological polar surface area (TPSA) is 59.1 Å². The Labute approximate surface area is 250 Å². The number of hydrogen-bond acceptors (Lipinski definition) is 5. The van der Waals surface area contributed by atoms with E-state index in [0.29, 0.717) is 13.2 Å². The van der Waals surface area contributed by atoms with E-state index < -0.39 is 11.5 Å². The standard InChI is InChI=1S/C34H45ClN2O4/c1-6-12-24-19-27(35)14-15-28(24)26-22-37-18-11-9-7-8-10-17-36(5)32(38)21-29(33(39)41-34(2,3)4)25-13-16-31(40-23-26)30(37)20-25/h8,10,13-16,19-20,26,29H,6-7,9,11-12,17-18,21-23H2,1-5H3/b10-8+. The zero-order valence-corrected chi connectivity index (χ0v) is 26.0. The van der Waals surface area contributed by atoms with Crippen molar-refractivity contribution in [3.05, 3.63) is 70.3 Å². The number of nitrogens with zero attached hydrogens (tertiary/aromatic N) is 2. The largest absolute Gasteiger partial charge is 0.491 e. The van der Waals surface area contributed by atoms with E-state index in [2.05, 4.69) is 30.0 Å². The van der Waals surface area contributed by atoms with Crippen LogP contribution in [-0.4, -0.2) is 55.7 Å². The van der Waals surface area contributed by atoms with Gasteiger partial charge >= 0.3 is 5.97 Å². The van der Waals surface area contributed by atoms with E-state index in [4.69, 9.17) is 21.1 Å². The van der Waals surface area contributed by atoms with Crippen LogP contribution in [0.25, 0.3) is 0 Å². The fourth-order valence-electron chi connectivity index (χ4n) is 5.64. The first-order valence-electron chi connectivity index (χ1n) is 15.0. The summed E-state index contributed by atoms with van der Waals surface area (Å²) in [5.74, 6) is -0.212. The molecule has 4 rings (SSSR count). The number of halogens is 1. The van der Waals surface area contributed by atoms with E-state index in [1.807, 2.05) is 51.1 Å². The quantitative estimate of drug-likeness (QED) is 0.281. The summed E-state index contributed by atoms with van der Waals surface area (Å²) in [6.07, 6.45) is 9.29. The van der Waals surface area contributed by atoms with Gasteiger partial charge in [-0.25, -0.2) is 0 Å². The van der Waals surface area contributed by atoms with Gasteiger partial charge in [-0.05, 0) is 87.4 Å². The molecule has 0 saturated carbocycles. The fourth-order valence-corrected chi connectivity index (χ4v) is 5.84. The van der Waals surface area contributed by atoms with Crippen molar-refractivity contribution in [2.75, 3.05) is 38.2 Å². The highest BCUT2D eigenvalue weighted by Crippen LogP contribution is 2.39. The molecule has 0 radical (unpaired) electrons. The summed E-state index contributed by atoms with van der Waals surface area (Å²) in [6, 6.07) is 12.1. The number of anilines is 1. The van der Waals surface area contributed by atoms with Crippen molar-refractivity contribution in [2.24, 2.45) is 0 Å². The summed E-state index contributed by atoms with van der Waals surface area (Å²) in [5, 5.41) is 0.760. The maximum atomic E-state index is 13.5. The van der Waals surface area contributed by atoms with Crippen molar-refractivity contribution in [2.45, 2.75) is 83.7 Å². The van der Waals surface area contributed by atoms with Crippen molar-refractivity contribution in [3.63, 3.8) is 0 Å². The number of allylic oxidation sites excluding steroid dienone is 1. The van der Waals surface area contributed by atoms with Crippen LogP contribution in [-0.2, 0) is 20.7 Å². The molecule has 0 aromatic heterocycles. The second-order valence-electron chi connectivity index (χ2n) is 12.3. The lowest BCUT2D eigenvalue weighted by Gasteiger charge is -2.29. The number of ether oxygens (including phenoxy) is 2. The maximum Gasteiger partial charge on any atom is 0.314 e. The number of aryl methyl sites for hydroxylation is 1. The Morgan fingerprint density at radius 1 is 1.12 bits per heavy atom. The van der Waals surface area contributed by atoms with Crippen molar-refractivity contribution in [1.29, 1.82) is 0 Å². The Balaban J connectivity index is 1.74. The second-order valence-corrected chi connectivity index (χ2v) is 12.7. The molecule has 2 aromatic rings. The second kappa shape index (κ2) is 13.8. The van der Waals surface area contributed by atoms with Crippen LogP contribution < -0.4 is 9.64 Å². The molecule has 41 heavy (non-hydrogen) atoms. The monoisotopic (exact) mass is 580 g/mol. The molecule has 2 heterocycles. The molecule has 6 nitrogen and oxygen atoms in total. The van der Waals surface area contributed by atoms with Crippen LogP contribution in [0.3, 0.4) is 0 Å². The number of hydrogen-bond donors (Lipinski definition) is 0. The number of esters is 1. The molecular weight excluding hydrogens is 536 g/mol. The minimum Gasteiger partial charge on any atom is -0.491 e. The van der Waals surface area contributed by atoms with Crippen LogP contribution in [0.4, 0.5) is 5.69 Å². The molecule has 2 aliphatic heterocycles. The van der Waals surface area contributed by atoms with Gasteiger partial charge in [-0.2, -0.15) is 0 Å². The van der Waals surface area contributed by atoms with Crippen LogP contribution in [0.5, 0.6) is 5.75 Å². The van der Waals surface area contributed by atoms with Crippen LogP contribution >= 0.6 is 11.6 Å². The lowest BCUT2D eigenvalue weighted by molar-refractivity contribution is -0.158. The van der Waals surface area contributed by atoms with Gasteiger partial charge in [0.05, 0.1) is 18.2 Å². The van der Waals surface area contributed by atoms with Gasteiger partial charge in [-0.1, -0.05) is 49.2 Å². The minimum atomic E-state index is -0.711. The van der Waals surface area contributed by atoms with E-state index >= 15 is 0 Å². The molecule has 2 aromatic carbocycles. The van der Waals surface area contributed by atoms with Gasteiger partial charge in [0.2, 0.25) is 5.91 Å². The zero-order chi connectivity index (χ0) is 29.6. The Morgan fingerprint density at radius 2 is 1.93 bits per heavy atom. The Morgan fingerprint density at radius 3 is 2.68 bits per heavy atom. The molecule has 222 valence electrons. The first-order valence-corrected chi connectivity index (χ1v) is 15.4. The summed E-state index contributed by atoms with van der Waals surface area (Å²) in [5.41, 5.74) is 3.64. The molecule has 1 amide bonds. The SMILES string of the molecule is CCCc1cc(Cl)ccc1C1COc2ccc3cc2N(CCCC/C=C/CN(C)C(=O)CC3C(=O)OC(C)(C)C)C1. The number of rotatable bonds is 4. The van der Waals surface area contributed by atoms with Crippen LogP contribution in [0.2, 0.25) is 5.02 Å². The number of carbonyl (C=O) groups excluding carboxylic acids is 2. The van der Waals surface area contributed by atoms with Crippen LogP contribution in [0, 0.1) is 0 Å². The summed E-state index contributed by atoms with van der Waals surface area (Å²) < 4.78 is 12.3. The predicted octanol–water partition coefficient (Wildman–Crippen LogP) is 7.29. The van der Waals surface area contributed by atoms with Gasteiger partial charge in [0.25, 0.3) is 0 Å². The number of likely N-dealkylation sites (N-methyl/N-ethyl adjacent to an activating group) is 1. The predicted molar refractivity (Wildman–Crippen MR) is 166 cm³/mol. The van der Waals surface area contributed by atoms with Gasteiger partial charge in [-0.3, -0.25) is 9.59 Å². The summed E-state index contributed by atoms with van der Waals surface area (Å²) >= 11 is 6.39. The lowest BCUT2D eigenvalue weighted by Crippen LogP contribution is -2.33. The molecule has 2 aliphatic rings. The normalized spacial score (nSPS) is 21.3. The van der Waals surface area contributed by atoms with E-state index in [1.54, 1.807) is 11.9 Å². The van der Waals surface area contributed by atoms with Crippen LogP contribution in [0.1, 0.15) is 88.3 Å². The summed E-state index contributed by atoms with van der Waals surface area (Å²) in [4.78, 5) is 30.8. The molecular formula is C34H45ClN2O4. The van der Waals surface area contributed by atoms with E-state index in [-0.39, 0.29) is 24.2 Å². The molecule has 2 bridgehead atoms. The van der Waals surface area contributed by atoms with E-state index in [0.717, 1.165) is 67.2 Å². The summed E-state index contributed by atoms with van der Waals surface area (Å²) in [7, 11) is 1.78. The number of amides is 1. The lowest BCUT2D eigenvalue weighted by atomic mass is 9.91. The molecule has 0 N–H and O–H groups in total. The third-order valence-corrected chi connectivity index (χ3v) is 8.00. The zero-order valence-electron chi connectivity index (χ0n) is 25.2. The van der Waals surface area contributed by atoms with Crippen molar-refractivity contribution >= 4 is 29.2 Å². The van der Waals surface area contributed by atoms with E-state index in [1.165, 1.54) is 11.1 Å². The Kier molecular flexibility index (Phi) is 10.4. The van der Waals surface area contributed by atoms with Crippen LogP contribution in [0.15, 0.2) is 48.6 Å². The molecule has 7 heteroatoms. The number of fused-ring (bicyclic) bond motifs is 1. The smallest absolute Gasteiger partial charge is 0.314 e. The van der Waals surface area contributed by atoms with Crippen molar-refractivity contribution in [1.82, 2.24) is 4.90 Å². The van der Waals surface area contributed by atoms with Gasteiger partial charge in [0, 0.05) is 44.0 Å². The van der Waals surface area contributed by atoms with Gasteiger partial charge in [-0.15, -0.1) is 0 Å². The average molecular weight is 581 g/mol. The fraction of sp³-hybridized carbons (Fsp3) is 0.529.